The van der Waals surface area contributed by atoms with E-state index in [-0.39, 0.29) is 23.3 Å². The molecule has 10 heteroatoms. The topological polar surface area (TPSA) is 61.4 Å². The molecule has 1 aliphatic heterocycles. The lowest BCUT2D eigenvalue weighted by Gasteiger charge is -2.32. The molecule has 0 spiro atoms. The lowest BCUT2D eigenvalue weighted by Crippen LogP contribution is -2.45. The summed E-state index contributed by atoms with van der Waals surface area (Å²) in [5.41, 5.74) is -0.991. The van der Waals surface area contributed by atoms with Gasteiger partial charge in [0.25, 0.3) is 0 Å². The first-order valence-corrected chi connectivity index (χ1v) is 9.77. The molecule has 5 nitrogen and oxygen atoms in total. The highest BCUT2D eigenvalue weighted by Crippen LogP contribution is 2.34. The lowest BCUT2D eigenvalue weighted by atomic mass is 9.97. The molecular weight excluding hydrogens is 415 g/mol. The van der Waals surface area contributed by atoms with Crippen LogP contribution < -0.4 is 10.6 Å². The monoisotopic (exact) mass is 431 g/mol. The predicted molar refractivity (Wildman–Crippen MR) is 103 cm³/mol. The van der Waals surface area contributed by atoms with Crippen LogP contribution in [0.15, 0.2) is 35.7 Å². The molecule has 1 aliphatic rings. The second kappa shape index (κ2) is 8.40. The molecule has 1 aromatic carbocycles. The Morgan fingerprint density at radius 1 is 1.21 bits per heavy atom. The van der Waals surface area contributed by atoms with E-state index < -0.39 is 23.6 Å². The molecule has 0 radical (unpaired) electrons. The molecule has 28 heavy (non-hydrogen) atoms. The van der Waals surface area contributed by atoms with Gasteiger partial charge in [0, 0.05) is 13.1 Å². The summed E-state index contributed by atoms with van der Waals surface area (Å²) < 4.78 is 38.6. The maximum atomic E-state index is 12.9. The molecule has 3 amide bonds. The number of likely N-dealkylation sites (tertiary alicyclic amines) is 1. The predicted octanol–water partition coefficient (Wildman–Crippen LogP) is 5.30. The summed E-state index contributed by atoms with van der Waals surface area (Å²) in [4.78, 5) is 26.4. The Kier molecular flexibility index (Phi) is 6.14. The van der Waals surface area contributed by atoms with Crippen LogP contribution >= 0.6 is 22.9 Å². The Bertz CT molecular complexity index is 858. The quantitative estimate of drug-likeness (QED) is 0.692. The third-order valence-corrected chi connectivity index (χ3v) is 5.50. The van der Waals surface area contributed by atoms with Crippen molar-refractivity contribution in [2.45, 2.75) is 19.0 Å². The average molecular weight is 432 g/mol. The van der Waals surface area contributed by atoms with Crippen LogP contribution in [0.1, 0.15) is 18.4 Å². The van der Waals surface area contributed by atoms with Gasteiger partial charge in [0.1, 0.15) is 0 Å². The second-order valence-corrected chi connectivity index (χ2v) is 7.73. The van der Waals surface area contributed by atoms with Gasteiger partial charge in [0.15, 0.2) is 0 Å². The molecule has 1 unspecified atom stereocenters. The molecule has 1 aromatic heterocycles. The second-order valence-electron chi connectivity index (χ2n) is 6.37. The molecule has 1 atom stereocenters. The number of nitrogens with one attached hydrogen (secondary N) is 2. The summed E-state index contributed by atoms with van der Waals surface area (Å²) in [6, 6.07) is 6.04. The number of hydrogen-bond acceptors (Lipinski definition) is 3. The van der Waals surface area contributed by atoms with Gasteiger partial charge in [-0.3, -0.25) is 10.1 Å². The third-order valence-electron chi connectivity index (χ3n) is 4.38. The molecule has 0 saturated carbocycles. The number of amides is 3. The van der Waals surface area contributed by atoms with Gasteiger partial charge >= 0.3 is 12.2 Å². The van der Waals surface area contributed by atoms with Crippen LogP contribution in [-0.2, 0) is 11.0 Å². The molecular formula is C18H17ClF3N3O2S. The SMILES string of the molecule is O=C(Nc1cc(C(F)(F)F)ccc1Cl)C1CCCN(C(=O)Nc2cccs2)C1. The molecule has 0 bridgehead atoms. The number of thiophene rings is 1. The zero-order valence-corrected chi connectivity index (χ0v) is 16.1. The summed E-state index contributed by atoms with van der Waals surface area (Å²) in [5, 5.41) is 7.79. The summed E-state index contributed by atoms with van der Waals surface area (Å²) in [6.45, 7) is 0.685. The summed E-state index contributed by atoms with van der Waals surface area (Å²) in [7, 11) is 0. The first kappa shape index (κ1) is 20.5. The van der Waals surface area contributed by atoms with E-state index in [1.54, 1.807) is 6.07 Å². The van der Waals surface area contributed by atoms with Crippen molar-refractivity contribution in [3.63, 3.8) is 0 Å². The van der Waals surface area contributed by atoms with Gasteiger partial charge < -0.3 is 10.2 Å². The largest absolute Gasteiger partial charge is 0.416 e. The summed E-state index contributed by atoms with van der Waals surface area (Å²) in [6.07, 6.45) is -3.39. The Hall–Kier alpha value is -2.26. The van der Waals surface area contributed by atoms with Gasteiger partial charge in [-0.15, -0.1) is 11.3 Å². The number of carbonyl (C=O) groups excluding carboxylic acids is 2. The molecule has 1 saturated heterocycles. The Balaban J connectivity index is 1.65. The van der Waals surface area contributed by atoms with E-state index in [0.717, 1.165) is 18.2 Å². The van der Waals surface area contributed by atoms with Crippen molar-refractivity contribution in [1.82, 2.24) is 4.90 Å². The van der Waals surface area contributed by atoms with E-state index in [9.17, 15) is 22.8 Å². The maximum Gasteiger partial charge on any atom is 0.416 e. The highest BCUT2D eigenvalue weighted by atomic mass is 35.5. The van der Waals surface area contributed by atoms with Crippen LogP contribution in [-0.4, -0.2) is 29.9 Å². The lowest BCUT2D eigenvalue weighted by molar-refractivity contribution is -0.137. The van der Waals surface area contributed by atoms with Crippen molar-refractivity contribution >= 4 is 45.6 Å². The highest BCUT2D eigenvalue weighted by Gasteiger charge is 2.32. The molecule has 3 rings (SSSR count). The fourth-order valence-corrected chi connectivity index (χ4v) is 3.71. The molecule has 2 N–H and O–H groups in total. The van der Waals surface area contributed by atoms with E-state index in [1.807, 2.05) is 11.4 Å². The minimum absolute atomic E-state index is 0.0180. The van der Waals surface area contributed by atoms with Gasteiger partial charge in [-0.2, -0.15) is 13.2 Å². The van der Waals surface area contributed by atoms with Crippen LogP contribution in [0.3, 0.4) is 0 Å². The van der Waals surface area contributed by atoms with Crippen molar-refractivity contribution in [2.75, 3.05) is 23.7 Å². The first-order valence-electron chi connectivity index (χ1n) is 8.51. The van der Waals surface area contributed by atoms with Crippen molar-refractivity contribution in [1.29, 1.82) is 0 Å². The fraction of sp³-hybridized carbons (Fsp3) is 0.333. The minimum Gasteiger partial charge on any atom is -0.324 e. The van der Waals surface area contributed by atoms with Gasteiger partial charge in [0.05, 0.1) is 27.2 Å². The minimum atomic E-state index is -4.54. The van der Waals surface area contributed by atoms with Crippen molar-refractivity contribution in [2.24, 2.45) is 5.92 Å². The standard InChI is InChI=1S/C18H17ClF3N3O2S/c19-13-6-5-12(18(20,21)22)9-14(13)23-16(26)11-3-1-7-25(10-11)17(27)24-15-4-2-8-28-15/h2,4-6,8-9,11H,1,3,7,10H2,(H,23,26)(H,24,27). The normalized spacial score (nSPS) is 17.3. The summed E-state index contributed by atoms with van der Waals surface area (Å²) in [5.74, 6) is -0.997. The number of hydrogen-bond donors (Lipinski definition) is 2. The van der Waals surface area contributed by atoms with E-state index >= 15 is 0 Å². The number of anilines is 2. The maximum absolute atomic E-state index is 12.9. The van der Waals surface area contributed by atoms with E-state index in [1.165, 1.54) is 16.2 Å². The van der Waals surface area contributed by atoms with Crippen molar-refractivity contribution in [3.05, 3.63) is 46.3 Å². The van der Waals surface area contributed by atoms with E-state index in [4.69, 9.17) is 11.6 Å². The number of alkyl halides is 3. The third kappa shape index (κ3) is 4.96. The van der Waals surface area contributed by atoms with Gasteiger partial charge in [-0.25, -0.2) is 4.79 Å². The van der Waals surface area contributed by atoms with Gasteiger partial charge in [-0.1, -0.05) is 11.6 Å². The molecule has 150 valence electrons. The first-order chi connectivity index (χ1) is 13.2. The van der Waals surface area contributed by atoms with Crippen molar-refractivity contribution < 1.29 is 22.8 Å². The number of nitrogens with zero attached hydrogens (tertiary/aromatic N) is 1. The van der Waals surface area contributed by atoms with Crippen LogP contribution in [0.25, 0.3) is 0 Å². The number of benzene rings is 1. The average Bonchev–Trinajstić information content (AvgIpc) is 3.15. The Morgan fingerprint density at radius 3 is 2.68 bits per heavy atom. The molecule has 2 aromatic rings. The number of urea groups is 1. The van der Waals surface area contributed by atoms with E-state index in [2.05, 4.69) is 10.6 Å². The smallest absolute Gasteiger partial charge is 0.324 e. The van der Waals surface area contributed by atoms with E-state index in [0.29, 0.717) is 24.4 Å². The zero-order valence-electron chi connectivity index (χ0n) is 14.6. The number of rotatable bonds is 3. The fourth-order valence-electron chi connectivity index (χ4n) is 2.94. The van der Waals surface area contributed by atoms with Gasteiger partial charge in [-0.05, 0) is 48.6 Å². The zero-order chi connectivity index (χ0) is 20.3. The molecule has 1 fully saturated rings. The number of carbonyl (C=O) groups is 2. The molecule has 2 heterocycles. The summed E-state index contributed by atoms with van der Waals surface area (Å²) >= 11 is 7.32. The number of piperidine rings is 1. The Labute approximate surface area is 168 Å². The number of halogens is 4. The van der Waals surface area contributed by atoms with Gasteiger partial charge in [0.2, 0.25) is 5.91 Å². The van der Waals surface area contributed by atoms with Crippen LogP contribution in [0.5, 0.6) is 0 Å². The van der Waals surface area contributed by atoms with Crippen molar-refractivity contribution in [3.8, 4) is 0 Å². The highest BCUT2D eigenvalue weighted by molar-refractivity contribution is 7.14. The Morgan fingerprint density at radius 2 is 2.00 bits per heavy atom. The van der Waals surface area contributed by atoms with Crippen LogP contribution in [0.2, 0.25) is 5.02 Å². The molecule has 0 aliphatic carbocycles. The van der Waals surface area contributed by atoms with Crippen LogP contribution in [0, 0.1) is 5.92 Å². The van der Waals surface area contributed by atoms with Crippen LogP contribution in [0.4, 0.5) is 28.7 Å².